The van der Waals surface area contributed by atoms with Gasteiger partial charge in [-0.3, -0.25) is 9.48 Å². The lowest BCUT2D eigenvalue weighted by Gasteiger charge is -2.01. The first-order valence-corrected chi connectivity index (χ1v) is 5.06. The van der Waals surface area contributed by atoms with Crippen LogP contribution in [0.15, 0.2) is 16.8 Å². The van der Waals surface area contributed by atoms with Crippen molar-refractivity contribution in [2.75, 3.05) is 5.73 Å². The lowest BCUT2D eigenvalue weighted by molar-refractivity contribution is 0.0951. The Hall–Kier alpha value is -2.31. The van der Waals surface area contributed by atoms with Crippen LogP contribution < -0.4 is 11.1 Å². The molecule has 2 heterocycles. The molecule has 0 atom stereocenters. The molecule has 0 spiro atoms. The van der Waals surface area contributed by atoms with Crippen LogP contribution in [0.2, 0.25) is 0 Å². The normalized spacial score (nSPS) is 10.5. The summed E-state index contributed by atoms with van der Waals surface area (Å²) in [6.45, 7) is 2.09. The maximum Gasteiger partial charge on any atom is 0.256 e. The number of amides is 1. The van der Waals surface area contributed by atoms with E-state index in [0.717, 1.165) is 0 Å². The summed E-state index contributed by atoms with van der Waals surface area (Å²) in [6, 6.07) is 1.76. The van der Waals surface area contributed by atoms with Crippen LogP contribution in [0, 0.1) is 6.92 Å². The van der Waals surface area contributed by atoms with Crippen molar-refractivity contribution in [3.8, 4) is 0 Å². The number of anilines is 1. The first-order valence-electron chi connectivity index (χ1n) is 5.06. The molecule has 0 saturated carbocycles. The molecule has 0 saturated heterocycles. The first-order chi connectivity index (χ1) is 8.08. The SMILES string of the molecule is Cc1cc(CNC(=O)c2cnn(C)c2N)no1. The van der Waals surface area contributed by atoms with Gasteiger partial charge < -0.3 is 15.6 Å². The van der Waals surface area contributed by atoms with Gasteiger partial charge in [-0.05, 0) is 6.92 Å². The van der Waals surface area contributed by atoms with Crippen molar-refractivity contribution < 1.29 is 9.32 Å². The maximum absolute atomic E-state index is 11.8. The van der Waals surface area contributed by atoms with Crippen LogP contribution in [0.4, 0.5) is 5.82 Å². The highest BCUT2D eigenvalue weighted by Crippen LogP contribution is 2.09. The second kappa shape index (κ2) is 4.28. The van der Waals surface area contributed by atoms with Gasteiger partial charge in [-0.2, -0.15) is 5.10 Å². The summed E-state index contributed by atoms with van der Waals surface area (Å²) >= 11 is 0. The summed E-state index contributed by atoms with van der Waals surface area (Å²) in [5, 5.41) is 10.3. The summed E-state index contributed by atoms with van der Waals surface area (Å²) in [4.78, 5) is 11.8. The molecule has 1 amide bonds. The van der Waals surface area contributed by atoms with E-state index in [1.54, 1.807) is 20.0 Å². The van der Waals surface area contributed by atoms with Crippen LogP contribution in [0.5, 0.6) is 0 Å². The molecular weight excluding hydrogens is 222 g/mol. The highest BCUT2D eigenvalue weighted by atomic mass is 16.5. The molecule has 2 rings (SSSR count). The standard InChI is InChI=1S/C10H13N5O2/c1-6-3-7(14-17-6)4-12-10(16)8-5-13-15(2)9(8)11/h3,5H,4,11H2,1-2H3,(H,12,16). The molecule has 0 aromatic carbocycles. The zero-order valence-electron chi connectivity index (χ0n) is 9.60. The second-order valence-corrected chi connectivity index (χ2v) is 3.68. The number of nitrogens with zero attached hydrogens (tertiary/aromatic N) is 3. The molecule has 0 fully saturated rings. The van der Waals surface area contributed by atoms with Crippen LogP contribution >= 0.6 is 0 Å². The lowest BCUT2D eigenvalue weighted by Crippen LogP contribution is -2.23. The van der Waals surface area contributed by atoms with Crippen molar-refractivity contribution >= 4 is 11.7 Å². The van der Waals surface area contributed by atoms with E-state index in [4.69, 9.17) is 10.3 Å². The van der Waals surface area contributed by atoms with Crippen molar-refractivity contribution in [2.24, 2.45) is 7.05 Å². The van der Waals surface area contributed by atoms with Gasteiger partial charge in [0.15, 0.2) is 0 Å². The third kappa shape index (κ3) is 2.27. The minimum Gasteiger partial charge on any atom is -0.383 e. The monoisotopic (exact) mass is 235 g/mol. The third-order valence-corrected chi connectivity index (χ3v) is 2.34. The summed E-state index contributed by atoms with van der Waals surface area (Å²) < 4.78 is 6.33. The molecule has 90 valence electrons. The molecule has 0 aliphatic rings. The minimum absolute atomic E-state index is 0.281. The van der Waals surface area contributed by atoms with E-state index in [0.29, 0.717) is 29.4 Å². The van der Waals surface area contributed by atoms with Crippen LogP contribution in [-0.2, 0) is 13.6 Å². The maximum atomic E-state index is 11.8. The molecule has 0 radical (unpaired) electrons. The van der Waals surface area contributed by atoms with Gasteiger partial charge >= 0.3 is 0 Å². The van der Waals surface area contributed by atoms with Gasteiger partial charge in [-0.25, -0.2) is 0 Å². The number of carbonyl (C=O) groups is 1. The number of nitrogen functional groups attached to an aromatic ring is 1. The van der Waals surface area contributed by atoms with Gasteiger partial charge in [-0.1, -0.05) is 5.16 Å². The van der Waals surface area contributed by atoms with Crippen LogP contribution in [-0.4, -0.2) is 20.8 Å². The largest absolute Gasteiger partial charge is 0.383 e. The lowest BCUT2D eigenvalue weighted by atomic mass is 10.3. The highest BCUT2D eigenvalue weighted by Gasteiger charge is 2.13. The molecule has 0 bridgehead atoms. The Morgan fingerprint density at radius 3 is 2.94 bits per heavy atom. The Balaban J connectivity index is 2.00. The molecule has 2 aromatic rings. The third-order valence-electron chi connectivity index (χ3n) is 2.34. The fraction of sp³-hybridized carbons (Fsp3) is 0.300. The summed E-state index contributed by atoms with van der Waals surface area (Å²) in [5.74, 6) is 0.755. The topological polar surface area (TPSA) is 99.0 Å². The Morgan fingerprint density at radius 1 is 1.65 bits per heavy atom. The Labute approximate surface area is 97.6 Å². The van der Waals surface area contributed by atoms with Crippen LogP contribution in [0.1, 0.15) is 21.8 Å². The predicted molar refractivity (Wildman–Crippen MR) is 60.0 cm³/mol. The molecule has 17 heavy (non-hydrogen) atoms. The smallest absolute Gasteiger partial charge is 0.256 e. The Bertz CT molecular complexity index is 543. The number of aryl methyl sites for hydroxylation is 2. The van der Waals surface area contributed by atoms with Gasteiger partial charge in [-0.15, -0.1) is 0 Å². The molecule has 0 aliphatic carbocycles. The number of aromatic nitrogens is 3. The van der Waals surface area contributed by atoms with Crippen molar-refractivity contribution in [1.29, 1.82) is 0 Å². The van der Waals surface area contributed by atoms with Crippen LogP contribution in [0.3, 0.4) is 0 Å². The number of rotatable bonds is 3. The zero-order valence-corrected chi connectivity index (χ0v) is 9.60. The molecule has 3 N–H and O–H groups in total. The number of nitrogens with one attached hydrogen (secondary N) is 1. The Morgan fingerprint density at radius 2 is 2.41 bits per heavy atom. The van der Waals surface area contributed by atoms with Crippen molar-refractivity contribution in [3.05, 3.63) is 29.3 Å². The van der Waals surface area contributed by atoms with E-state index in [2.05, 4.69) is 15.6 Å². The van der Waals surface area contributed by atoms with E-state index in [-0.39, 0.29) is 5.91 Å². The van der Waals surface area contributed by atoms with Crippen molar-refractivity contribution in [1.82, 2.24) is 20.3 Å². The fourth-order valence-electron chi connectivity index (χ4n) is 1.39. The number of nitrogens with two attached hydrogens (primary N) is 1. The summed E-state index contributed by atoms with van der Waals surface area (Å²) in [5.41, 5.74) is 6.70. The zero-order chi connectivity index (χ0) is 12.4. The van der Waals surface area contributed by atoms with E-state index in [1.165, 1.54) is 10.9 Å². The Kier molecular flexibility index (Phi) is 2.82. The van der Waals surface area contributed by atoms with E-state index >= 15 is 0 Å². The van der Waals surface area contributed by atoms with Gasteiger partial charge in [0.2, 0.25) is 0 Å². The molecule has 2 aromatic heterocycles. The van der Waals surface area contributed by atoms with Crippen molar-refractivity contribution in [2.45, 2.75) is 13.5 Å². The van der Waals surface area contributed by atoms with E-state index in [1.807, 2.05) is 0 Å². The fourth-order valence-corrected chi connectivity index (χ4v) is 1.39. The van der Waals surface area contributed by atoms with Crippen molar-refractivity contribution in [3.63, 3.8) is 0 Å². The molecule has 0 aliphatic heterocycles. The van der Waals surface area contributed by atoms with E-state index in [9.17, 15) is 4.79 Å². The molecule has 7 heteroatoms. The summed E-state index contributed by atoms with van der Waals surface area (Å²) in [6.07, 6.45) is 1.43. The minimum atomic E-state index is -0.281. The number of carbonyl (C=O) groups excluding carboxylic acids is 1. The number of hydrogen-bond acceptors (Lipinski definition) is 5. The number of hydrogen-bond donors (Lipinski definition) is 2. The highest BCUT2D eigenvalue weighted by molar-refractivity contribution is 5.98. The van der Waals surface area contributed by atoms with E-state index < -0.39 is 0 Å². The van der Waals surface area contributed by atoms with Gasteiger partial charge in [0.25, 0.3) is 5.91 Å². The van der Waals surface area contributed by atoms with Gasteiger partial charge in [0, 0.05) is 13.1 Å². The van der Waals surface area contributed by atoms with Crippen LogP contribution in [0.25, 0.3) is 0 Å². The average molecular weight is 235 g/mol. The van der Waals surface area contributed by atoms with Gasteiger partial charge in [0.05, 0.1) is 12.7 Å². The van der Waals surface area contributed by atoms with Gasteiger partial charge in [0.1, 0.15) is 22.8 Å². The second-order valence-electron chi connectivity index (χ2n) is 3.68. The first kappa shape index (κ1) is 11.2. The average Bonchev–Trinajstić information content (AvgIpc) is 2.84. The molecular formula is C10H13N5O2. The predicted octanol–water partition coefficient (Wildman–Crippen LogP) is 0.229. The summed E-state index contributed by atoms with van der Waals surface area (Å²) in [7, 11) is 1.67. The molecule has 0 unspecified atom stereocenters. The quantitative estimate of drug-likeness (QED) is 0.793. The molecule has 7 nitrogen and oxygen atoms in total.